The molecule has 18 heavy (non-hydrogen) atoms. The van der Waals surface area contributed by atoms with Gasteiger partial charge >= 0.3 is 5.97 Å². The van der Waals surface area contributed by atoms with Gasteiger partial charge in [-0.1, -0.05) is 13.8 Å². The molecular weight excluding hydrogens is 250 g/mol. The lowest BCUT2D eigenvalue weighted by Gasteiger charge is -2.34. The number of aryl methyl sites for hydroxylation is 1. The Morgan fingerprint density at radius 2 is 2.33 bits per heavy atom. The van der Waals surface area contributed by atoms with Crippen molar-refractivity contribution in [2.24, 2.45) is 11.8 Å². The monoisotopic (exact) mass is 269 g/mol. The van der Waals surface area contributed by atoms with E-state index in [-0.39, 0.29) is 5.92 Å². The Morgan fingerprint density at radius 3 is 3.00 bits per heavy atom. The number of hydrogen-bond donors (Lipinski definition) is 1. The average Bonchev–Trinajstić information content (AvgIpc) is 2.77. The summed E-state index contributed by atoms with van der Waals surface area (Å²) in [6.07, 6.45) is 2.68. The smallest absolute Gasteiger partial charge is 0.308 e. The maximum atomic E-state index is 11.1. The van der Waals surface area contributed by atoms with Crippen LogP contribution in [0.1, 0.15) is 32.5 Å². The van der Waals surface area contributed by atoms with Gasteiger partial charge in [0.05, 0.1) is 5.92 Å². The Morgan fingerprint density at radius 1 is 1.56 bits per heavy atom. The Bertz CT molecular complexity index is 421. The van der Waals surface area contributed by atoms with E-state index < -0.39 is 5.97 Å². The van der Waals surface area contributed by atoms with Crippen LogP contribution >= 0.6 is 11.5 Å². The van der Waals surface area contributed by atoms with Crippen LogP contribution in [-0.2, 0) is 11.2 Å². The van der Waals surface area contributed by atoms with Crippen LogP contribution in [0.15, 0.2) is 0 Å². The van der Waals surface area contributed by atoms with Crippen LogP contribution in [-0.4, -0.2) is 33.5 Å². The molecule has 6 heteroatoms. The Balaban J connectivity index is 2.08. The van der Waals surface area contributed by atoms with Crippen molar-refractivity contribution in [3.8, 4) is 0 Å². The third kappa shape index (κ3) is 2.98. The number of aliphatic carboxylic acids is 1. The number of rotatable bonds is 4. The van der Waals surface area contributed by atoms with Crippen molar-refractivity contribution in [1.82, 2.24) is 9.36 Å². The average molecular weight is 269 g/mol. The fourth-order valence-electron chi connectivity index (χ4n) is 2.38. The van der Waals surface area contributed by atoms with Crippen molar-refractivity contribution in [1.29, 1.82) is 0 Å². The van der Waals surface area contributed by atoms with Gasteiger partial charge in [0, 0.05) is 31.0 Å². The summed E-state index contributed by atoms with van der Waals surface area (Å²) in [7, 11) is 0. The molecule has 2 rings (SSSR count). The number of piperidine rings is 1. The second-order valence-electron chi connectivity index (χ2n) is 5.02. The zero-order valence-electron chi connectivity index (χ0n) is 10.8. The van der Waals surface area contributed by atoms with Gasteiger partial charge in [-0.05, 0) is 18.8 Å². The van der Waals surface area contributed by atoms with Gasteiger partial charge in [-0.25, -0.2) is 4.98 Å². The molecule has 0 aromatic carbocycles. The molecule has 1 fully saturated rings. The molecule has 2 unspecified atom stereocenters. The molecule has 0 amide bonds. The maximum absolute atomic E-state index is 11.1. The summed E-state index contributed by atoms with van der Waals surface area (Å²) >= 11 is 1.38. The van der Waals surface area contributed by atoms with Crippen molar-refractivity contribution in [2.45, 2.75) is 33.1 Å². The number of carboxylic acid groups (broad SMARTS) is 1. The van der Waals surface area contributed by atoms with E-state index in [1.54, 1.807) is 0 Å². The molecule has 1 aliphatic rings. The molecule has 2 heterocycles. The van der Waals surface area contributed by atoms with Crippen LogP contribution in [0.3, 0.4) is 0 Å². The van der Waals surface area contributed by atoms with Crippen LogP contribution in [0.4, 0.5) is 5.13 Å². The summed E-state index contributed by atoms with van der Waals surface area (Å²) in [5, 5.41) is 10.0. The molecule has 100 valence electrons. The van der Waals surface area contributed by atoms with E-state index in [1.165, 1.54) is 11.5 Å². The van der Waals surface area contributed by atoms with Crippen LogP contribution < -0.4 is 4.90 Å². The van der Waals surface area contributed by atoms with Crippen LogP contribution in [0, 0.1) is 11.8 Å². The number of carbonyl (C=O) groups is 1. The highest BCUT2D eigenvalue weighted by Gasteiger charge is 2.30. The van der Waals surface area contributed by atoms with E-state index in [2.05, 4.69) is 28.1 Å². The third-order valence-electron chi connectivity index (χ3n) is 3.21. The molecule has 0 aliphatic carbocycles. The molecule has 1 saturated heterocycles. The van der Waals surface area contributed by atoms with Crippen LogP contribution in [0.5, 0.6) is 0 Å². The minimum atomic E-state index is -0.704. The SMILES string of the molecule is CCCc1nsc(N2CC(C)CC(C(=O)O)C2)n1. The van der Waals surface area contributed by atoms with Gasteiger partial charge in [-0.2, -0.15) is 4.37 Å². The normalized spacial score (nSPS) is 24.2. The fourth-order valence-corrected chi connectivity index (χ4v) is 3.11. The molecule has 1 aromatic rings. The van der Waals surface area contributed by atoms with Gasteiger partial charge in [0.2, 0.25) is 5.13 Å². The molecule has 0 radical (unpaired) electrons. The first kappa shape index (κ1) is 13.3. The van der Waals surface area contributed by atoms with Gasteiger partial charge in [-0.15, -0.1) is 0 Å². The van der Waals surface area contributed by atoms with E-state index in [1.807, 2.05) is 0 Å². The van der Waals surface area contributed by atoms with Gasteiger partial charge in [-0.3, -0.25) is 4.79 Å². The van der Waals surface area contributed by atoms with Gasteiger partial charge in [0.25, 0.3) is 0 Å². The van der Waals surface area contributed by atoms with Crippen molar-refractivity contribution < 1.29 is 9.90 Å². The zero-order chi connectivity index (χ0) is 13.1. The molecule has 1 aromatic heterocycles. The number of nitrogens with zero attached hydrogens (tertiary/aromatic N) is 3. The predicted molar refractivity (Wildman–Crippen MR) is 71.0 cm³/mol. The van der Waals surface area contributed by atoms with Crippen molar-refractivity contribution in [3.05, 3.63) is 5.82 Å². The summed E-state index contributed by atoms with van der Waals surface area (Å²) in [5.41, 5.74) is 0. The minimum absolute atomic E-state index is 0.285. The molecule has 1 N–H and O–H groups in total. The summed E-state index contributed by atoms with van der Waals surface area (Å²) in [5.74, 6) is 0.276. The van der Waals surface area contributed by atoms with Crippen molar-refractivity contribution in [3.63, 3.8) is 0 Å². The summed E-state index contributed by atoms with van der Waals surface area (Å²) in [6.45, 7) is 5.63. The first-order valence-electron chi connectivity index (χ1n) is 6.40. The number of aromatic nitrogens is 2. The lowest BCUT2D eigenvalue weighted by atomic mass is 9.91. The quantitative estimate of drug-likeness (QED) is 0.906. The number of anilines is 1. The van der Waals surface area contributed by atoms with Crippen molar-refractivity contribution >= 4 is 22.6 Å². The molecule has 1 aliphatic heterocycles. The maximum Gasteiger partial charge on any atom is 0.308 e. The van der Waals surface area contributed by atoms with Crippen LogP contribution in [0.25, 0.3) is 0 Å². The Hall–Kier alpha value is -1.17. The first-order valence-corrected chi connectivity index (χ1v) is 7.17. The summed E-state index contributed by atoms with van der Waals surface area (Å²) in [4.78, 5) is 17.7. The fraction of sp³-hybridized carbons (Fsp3) is 0.750. The van der Waals surface area contributed by atoms with E-state index in [0.717, 1.165) is 36.8 Å². The Kier molecular flexibility index (Phi) is 4.16. The summed E-state index contributed by atoms with van der Waals surface area (Å²) in [6, 6.07) is 0. The molecule has 2 atom stereocenters. The predicted octanol–water partition coefficient (Wildman–Crippen LogP) is 2.04. The summed E-state index contributed by atoms with van der Waals surface area (Å²) < 4.78 is 4.32. The molecular formula is C12H19N3O2S. The number of carboxylic acids is 1. The van der Waals surface area contributed by atoms with Gasteiger partial charge in [0.15, 0.2) is 0 Å². The molecule has 0 spiro atoms. The highest BCUT2D eigenvalue weighted by atomic mass is 32.1. The highest BCUT2D eigenvalue weighted by Crippen LogP contribution is 2.27. The van der Waals surface area contributed by atoms with Gasteiger partial charge in [0.1, 0.15) is 5.82 Å². The Labute approximate surface area is 111 Å². The van der Waals surface area contributed by atoms with E-state index >= 15 is 0 Å². The third-order valence-corrected chi connectivity index (χ3v) is 4.03. The molecule has 5 nitrogen and oxygen atoms in total. The van der Waals surface area contributed by atoms with Gasteiger partial charge < -0.3 is 10.0 Å². The largest absolute Gasteiger partial charge is 0.481 e. The minimum Gasteiger partial charge on any atom is -0.481 e. The lowest BCUT2D eigenvalue weighted by molar-refractivity contribution is -0.142. The van der Waals surface area contributed by atoms with E-state index in [0.29, 0.717) is 12.5 Å². The number of hydrogen-bond acceptors (Lipinski definition) is 5. The lowest BCUT2D eigenvalue weighted by Crippen LogP contribution is -2.42. The molecule has 0 bridgehead atoms. The first-order chi connectivity index (χ1) is 8.60. The van der Waals surface area contributed by atoms with Crippen molar-refractivity contribution in [2.75, 3.05) is 18.0 Å². The van der Waals surface area contributed by atoms with Crippen LogP contribution in [0.2, 0.25) is 0 Å². The zero-order valence-corrected chi connectivity index (χ0v) is 11.6. The second-order valence-corrected chi connectivity index (χ2v) is 5.75. The highest BCUT2D eigenvalue weighted by molar-refractivity contribution is 7.09. The van der Waals surface area contributed by atoms with E-state index in [9.17, 15) is 4.79 Å². The topological polar surface area (TPSA) is 66.3 Å². The van der Waals surface area contributed by atoms with E-state index in [4.69, 9.17) is 5.11 Å². The standard InChI is InChI=1S/C12H19N3O2S/c1-3-4-10-13-12(18-14-10)15-6-8(2)5-9(7-15)11(16)17/h8-9H,3-7H2,1-2H3,(H,16,17). The second kappa shape index (κ2) is 5.65. The molecule has 0 saturated carbocycles.